The molecule has 3 nitrogen and oxygen atoms in total. The van der Waals surface area contributed by atoms with Crippen LogP contribution in [0.2, 0.25) is 0 Å². The Hall–Kier alpha value is -2.46. The van der Waals surface area contributed by atoms with Gasteiger partial charge in [-0.25, -0.2) is 0 Å². The van der Waals surface area contributed by atoms with Gasteiger partial charge >= 0.3 is 0 Å². The summed E-state index contributed by atoms with van der Waals surface area (Å²) in [4.78, 5) is 0.0315. The van der Waals surface area contributed by atoms with E-state index >= 15 is 0 Å². The molecule has 3 rings (SSSR count). The Balaban J connectivity index is 1.80. The highest BCUT2D eigenvalue weighted by Gasteiger charge is 2.15. The molecule has 0 bridgehead atoms. The molecule has 0 spiro atoms. The Morgan fingerprint density at radius 3 is 2.07 bits per heavy atom. The zero-order valence-electron chi connectivity index (χ0n) is 15.7. The van der Waals surface area contributed by atoms with E-state index in [2.05, 4.69) is 40.2 Å². The summed E-state index contributed by atoms with van der Waals surface area (Å²) < 4.78 is 16.9. The maximum atomic E-state index is 5.95. The van der Waals surface area contributed by atoms with E-state index in [9.17, 15) is 0 Å². The molecular weight excluding hydrogens is 404 g/mol. The van der Waals surface area contributed by atoms with E-state index in [1.807, 2.05) is 49.4 Å². The SMILES string of the molecule is COc1cc(C(Br)c2ccc(OCc3ccccc3)c(OC)c2)ccc1C. The third-order valence-corrected chi connectivity index (χ3v) is 5.50. The van der Waals surface area contributed by atoms with Crippen molar-refractivity contribution in [3.63, 3.8) is 0 Å². The van der Waals surface area contributed by atoms with Gasteiger partial charge in [0.25, 0.3) is 0 Å². The number of hydrogen-bond donors (Lipinski definition) is 0. The average Bonchev–Trinajstić information content (AvgIpc) is 2.72. The van der Waals surface area contributed by atoms with Crippen molar-refractivity contribution in [1.82, 2.24) is 0 Å². The van der Waals surface area contributed by atoms with Crippen molar-refractivity contribution in [2.45, 2.75) is 18.4 Å². The molecule has 0 heterocycles. The lowest BCUT2D eigenvalue weighted by Gasteiger charge is -2.16. The highest BCUT2D eigenvalue weighted by Crippen LogP contribution is 2.38. The van der Waals surface area contributed by atoms with Crippen LogP contribution in [-0.4, -0.2) is 14.2 Å². The van der Waals surface area contributed by atoms with Crippen LogP contribution in [0.4, 0.5) is 0 Å². The highest BCUT2D eigenvalue weighted by molar-refractivity contribution is 9.09. The normalized spacial score (nSPS) is 11.7. The molecule has 0 saturated carbocycles. The van der Waals surface area contributed by atoms with Crippen LogP contribution in [-0.2, 0) is 6.61 Å². The molecule has 1 unspecified atom stereocenters. The smallest absolute Gasteiger partial charge is 0.161 e. The second-order valence-corrected chi connectivity index (χ2v) is 7.19. The molecule has 0 radical (unpaired) electrons. The van der Waals surface area contributed by atoms with Crippen molar-refractivity contribution in [3.05, 3.63) is 89.0 Å². The minimum atomic E-state index is 0.0315. The predicted molar refractivity (Wildman–Crippen MR) is 112 cm³/mol. The first-order chi connectivity index (χ1) is 13.1. The van der Waals surface area contributed by atoms with Crippen LogP contribution in [0.3, 0.4) is 0 Å². The van der Waals surface area contributed by atoms with Gasteiger partial charge in [0.05, 0.1) is 19.0 Å². The molecule has 0 amide bonds. The molecule has 4 heteroatoms. The number of rotatable bonds is 7. The maximum absolute atomic E-state index is 5.95. The van der Waals surface area contributed by atoms with E-state index in [0.717, 1.165) is 33.8 Å². The van der Waals surface area contributed by atoms with E-state index < -0.39 is 0 Å². The molecule has 0 aliphatic carbocycles. The predicted octanol–water partition coefficient (Wildman–Crippen LogP) is 6.08. The van der Waals surface area contributed by atoms with Crippen LogP contribution in [0.25, 0.3) is 0 Å². The van der Waals surface area contributed by atoms with Crippen LogP contribution in [0, 0.1) is 6.92 Å². The van der Waals surface area contributed by atoms with E-state index in [1.54, 1.807) is 14.2 Å². The lowest BCUT2D eigenvalue weighted by Crippen LogP contribution is -2.00. The van der Waals surface area contributed by atoms with Crippen LogP contribution >= 0.6 is 15.9 Å². The topological polar surface area (TPSA) is 27.7 Å². The number of halogens is 1. The molecule has 0 aromatic heterocycles. The summed E-state index contributed by atoms with van der Waals surface area (Å²) in [6.45, 7) is 2.54. The van der Waals surface area contributed by atoms with Gasteiger partial charge in [-0.05, 0) is 47.4 Å². The Morgan fingerprint density at radius 2 is 1.41 bits per heavy atom. The Labute approximate surface area is 169 Å². The van der Waals surface area contributed by atoms with Gasteiger partial charge in [-0.3, -0.25) is 0 Å². The quantitative estimate of drug-likeness (QED) is 0.428. The second kappa shape index (κ2) is 8.96. The van der Waals surface area contributed by atoms with Crippen molar-refractivity contribution in [1.29, 1.82) is 0 Å². The molecule has 140 valence electrons. The molecule has 0 saturated heterocycles. The number of ether oxygens (including phenoxy) is 3. The fourth-order valence-electron chi connectivity index (χ4n) is 2.88. The Kier molecular flexibility index (Phi) is 6.40. The van der Waals surface area contributed by atoms with Gasteiger partial charge in [-0.2, -0.15) is 0 Å². The van der Waals surface area contributed by atoms with Crippen molar-refractivity contribution < 1.29 is 14.2 Å². The summed E-state index contributed by atoms with van der Waals surface area (Å²) in [5.41, 5.74) is 4.44. The van der Waals surface area contributed by atoms with E-state index in [4.69, 9.17) is 14.2 Å². The molecule has 0 aliphatic heterocycles. The van der Waals surface area contributed by atoms with Crippen LogP contribution in [0.1, 0.15) is 27.1 Å². The van der Waals surface area contributed by atoms with Crippen molar-refractivity contribution in [3.8, 4) is 17.2 Å². The molecular formula is C23H23BrO3. The van der Waals surface area contributed by atoms with Crippen LogP contribution in [0.15, 0.2) is 66.7 Å². The number of aryl methyl sites for hydroxylation is 1. The largest absolute Gasteiger partial charge is 0.496 e. The first kappa shape index (κ1) is 19.3. The third kappa shape index (κ3) is 4.64. The summed E-state index contributed by atoms with van der Waals surface area (Å²) >= 11 is 3.79. The van der Waals surface area contributed by atoms with E-state index in [-0.39, 0.29) is 4.83 Å². The number of alkyl halides is 1. The minimum Gasteiger partial charge on any atom is -0.496 e. The van der Waals surface area contributed by atoms with Crippen molar-refractivity contribution in [2.24, 2.45) is 0 Å². The van der Waals surface area contributed by atoms with Gasteiger partial charge in [-0.15, -0.1) is 0 Å². The second-order valence-electron chi connectivity index (χ2n) is 6.28. The molecule has 1 atom stereocenters. The lowest BCUT2D eigenvalue weighted by atomic mass is 10.0. The molecule has 3 aromatic carbocycles. The molecule has 27 heavy (non-hydrogen) atoms. The highest BCUT2D eigenvalue weighted by atomic mass is 79.9. The number of benzene rings is 3. The minimum absolute atomic E-state index is 0.0315. The number of methoxy groups -OCH3 is 2. The third-order valence-electron chi connectivity index (χ3n) is 4.44. The molecule has 0 fully saturated rings. The summed E-state index contributed by atoms with van der Waals surface area (Å²) in [6, 6.07) is 22.3. The van der Waals surface area contributed by atoms with Crippen molar-refractivity contribution in [2.75, 3.05) is 14.2 Å². The van der Waals surface area contributed by atoms with Crippen LogP contribution in [0.5, 0.6) is 17.2 Å². The summed E-state index contributed by atoms with van der Waals surface area (Å²) in [5.74, 6) is 2.32. The Morgan fingerprint density at radius 1 is 0.778 bits per heavy atom. The average molecular weight is 427 g/mol. The fraction of sp³-hybridized carbons (Fsp3) is 0.217. The van der Waals surface area contributed by atoms with Crippen LogP contribution < -0.4 is 14.2 Å². The zero-order chi connectivity index (χ0) is 19.2. The first-order valence-electron chi connectivity index (χ1n) is 8.75. The molecule has 0 N–H and O–H groups in total. The van der Waals surface area contributed by atoms with E-state index in [0.29, 0.717) is 12.4 Å². The maximum Gasteiger partial charge on any atom is 0.161 e. The van der Waals surface area contributed by atoms with Gasteiger partial charge < -0.3 is 14.2 Å². The lowest BCUT2D eigenvalue weighted by molar-refractivity contribution is 0.284. The summed E-state index contributed by atoms with van der Waals surface area (Å²) in [6.07, 6.45) is 0. The zero-order valence-corrected chi connectivity index (χ0v) is 17.3. The molecule has 0 aliphatic rings. The van der Waals surface area contributed by atoms with Gasteiger partial charge in [0.1, 0.15) is 12.4 Å². The molecule has 3 aromatic rings. The summed E-state index contributed by atoms with van der Waals surface area (Å²) in [7, 11) is 3.35. The van der Waals surface area contributed by atoms with Crippen molar-refractivity contribution >= 4 is 15.9 Å². The van der Waals surface area contributed by atoms with E-state index in [1.165, 1.54) is 0 Å². The van der Waals surface area contributed by atoms with Gasteiger partial charge in [0.15, 0.2) is 11.5 Å². The van der Waals surface area contributed by atoms with Gasteiger partial charge in [-0.1, -0.05) is 64.5 Å². The van der Waals surface area contributed by atoms with Gasteiger partial charge in [0, 0.05) is 0 Å². The fourth-order valence-corrected chi connectivity index (χ4v) is 3.45. The summed E-state index contributed by atoms with van der Waals surface area (Å²) in [5, 5.41) is 0. The van der Waals surface area contributed by atoms with Gasteiger partial charge in [0.2, 0.25) is 0 Å². The Bertz CT molecular complexity index is 893. The monoisotopic (exact) mass is 426 g/mol. The number of hydrogen-bond acceptors (Lipinski definition) is 3. The first-order valence-corrected chi connectivity index (χ1v) is 9.67. The standard InChI is InChI=1S/C23H23BrO3/c1-16-9-10-18(13-21(16)25-2)23(24)19-11-12-20(22(14-19)26-3)27-15-17-7-5-4-6-8-17/h4-14,23H,15H2,1-3H3.